The predicted octanol–water partition coefficient (Wildman–Crippen LogP) is 2.33. The lowest BCUT2D eigenvalue weighted by Gasteiger charge is -2.31. The van der Waals surface area contributed by atoms with Crippen LogP contribution in [-0.2, 0) is 17.8 Å². The summed E-state index contributed by atoms with van der Waals surface area (Å²) in [5.41, 5.74) is 2.05. The van der Waals surface area contributed by atoms with Gasteiger partial charge in [-0.1, -0.05) is 26.0 Å². The van der Waals surface area contributed by atoms with Gasteiger partial charge in [0, 0.05) is 31.2 Å². The van der Waals surface area contributed by atoms with Crippen molar-refractivity contribution in [2.24, 2.45) is 5.92 Å². The van der Waals surface area contributed by atoms with E-state index >= 15 is 0 Å². The van der Waals surface area contributed by atoms with E-state index in [9.17, 15) is 9.59 Å². The number of nitrogens with zero attached hydrogens (tertiary/aromatic N) is 5. The molecule has 1 saturated heterocycles. The maximum absolute atomic E-state index is 12.7. The number of nitrogens with one attached hydrogen (secondary N) is 1. The zero-order valence-corrected chi connectivity index (χ0v) is 16.8. The molecule has 1 N–H and O–H groups in total. The molecule has 1 aliphatic rings. The van der Waals surface area contributed by atoms with Gasteiger partial charge in [0.1, 0.15) is 6.54 Å². The van der Waals surface area contributed by atoms with E-state index in [1.165, 1.54) is 21.1 Å². The number of carbonyl (C=O) groups is 1. The van der Waals surface area contributed by atoms with Gasteiger partial charge in [-0.05, 0) is 42.9 Å². The number of benzene rings is 1. The fraction of sp³-hybridized carbons (Fsp3) is 0.429. The van der Waals surface area contributed by atoms with Crippen LogP contribution in [0.25, 0.3) is 5.65 Å². The minimum absolute atomic E-state index is 0.147. The van der Waals surface area contributed by atoms with Gasteiger partial charge < -0.3 is 10.2 Å². The predicted molar refractivity (Wildman–Crippen MR) is 112 cm³/mol. The van der Waals surface area contributed by atoms with Crippen molar-refractivity contribution in [3.63, 3.8) is 0 Å². The Balaban J connectivity index is 1.56. The summed E-state index contributed by atoms with van der Waals surface area (Å²) in [6, 6.07) is 7.68. The molecule has 1 aromatic carbocycles. The van der Waals surface area contributed by atoms with Crippen LogP contribution in [0.5, 0.6) is 0 Å². The van der Waals surface area contributed by atoms with Gasteiger partial charge >= 0.3 is 5.69 Å². The molecule has 1 amide bonds. The Morgan fingerprint density at radius 3 is 2.79 bits per heavy atom. The van der Waals surface area contributed by atoms with Gasteiger partial charge in [0.25, 0.3) is 0 Å². The van der Waals surface area contributed by atoms with Crippen LogP contribution in [0.3, 0.4) is 0 Å². The van der Waals surface area contributed by atoms with E-state index < -0.39 is 0 Å². The second kappa shape index (κ2) is 8.06. The molecule has 1 aliphatic heterocycles. The highest BCUT2D eigenvalue weighted by Crippen LogP contribution is 2.23. The lowest BCUT2D eigenvalue weighted by Crippen LogP contribution is -2.35. The largest absolute Gasteiger partial charge is 0.353 e. The van der Waals surface area contributed by atoms with Gasteiger partial charge in [0.2, 0.25) is 11.6 Å². The standard InChI is InChI=1S/C21H26N6O2/c1-3-16-6-8-17(9-7-16)23-18(28)14-27-21(29)26-12-10-22-19(20(26)24-27)25-11-4-5-15(2)13-25/h6-10,12,15H,3-5,11,13-14H2,1-2H3,(H,23,28)/t15-/m0/s1. The number of amides is 1. The molecule has 0 saturated carbocycles. The quantitative estimate of drug-likeness (QED) is 0.718. The Morgan fingerprint density at radius 2 is 2.07 bits per heavy atom. The molecule has 3 aromatic rings. The molecular weight excluding hydrogens is 368 g/mol. The molecule has 0 spiro atoms. The molecule has 0 unspecified atom stereocenters. The Bertz CT molecular complexity index is 1070. The summed E-state index contributed by atoms with van der Waals surface area (Å²) in [6.45, 7) is 5.94. The molecule has 2 aromatic heterocycles. The third-order valence-electron chi connectivity index (χ3n) is 5.38. The zero-order valence-electron chi connectivity index (χ0n) is 16.8. The van der Waals surface area contributed by atoms with Crippen molar-refractivity contribution in [2.75, 3.05) is 23.3 Å². The first-order chi connectivity index (χ1) is 14.0. The summed E-state index contributed by atoms with van der Waals surface area (Å²) in [5.74, 6) is 0.982. The van der Waals surface area contributed by atoms with E-state index in [1.54, 1.807) is 12.4 Å². The van der Waals surface area contributed by atoms with Crippen LogP contribution in [-0.4, -0.2) is 38.2 Å². The Labute approximate surface area is 169 Å². The first kappa shape index (κ1) is 19.2. The molecule has 0 radical (unpaired) electrons. The number of anilines is 2. The fourth-order valence-corrected chi connectivity index (χ4v) is 3.80. The Morgan fingerprint density at radius 1 is 1.28 bits per heavy atom. The number of aryl methyl sites for hydroxylation is 1. The first-order valence-electron chi connectivity index (χ1n) is 10.1. The molecular formula is C21H26N6O2. The van der Waals surface area contributed by atoms with Gasteiger partial charge in [-0.2, -0.15) is 0 Å². The van der Waals surface area contributed by atoms with Crippen molar-refractivity contribution >= 4 is 23.1 Å². The number of hydrogen-bond donors (Lipinski definition) is 1. The summed E-state index contributed by atoms with van der Waals surface area (Å²) in [7, 11) is 0. The van der Waals surface area contributed by atoms with Crippen LogP contribution in [0.2, 0.25) is 0 Å². The molecule has 8 heteroatoms. The summed E-state index contributed by atoms with van der Waals surface area (Å²) in [5, 5.41) is 7.25. The number of fused-ring (bicyclic) bond motifs is 1. The van der Waals surface area contributed by atoms with Gasteiger partial charge in [-0.15, -0.1) is 5.10 Å². The van der Waals surface area contributed by atoms with Crippen LogP contribution in [0.15, 0.2) is 41.5 Å². The zero-order chi connectivity index (χ0) is 20.4. The maximum atomic E-state index is 12.7. The molecule has 0 aliphatic carbocycles. The van der Waals surface area contributed by atoms with Crippen LogP contribution < -0.4 is 15.9 Å². The Hall–Kier alpha value is -3.16. The third-order valence-corrected chi connectivity index (χ3v) is 5.38. The summed E-state index contributed by atoms with van der Waals surface area (Å²) >= 11 is 0. The number of rotatable bonds is 5. The minimum atomic E-state index is -0.342. The van der Waals surface area contributed by atoms with Crippen LogP contribution in [0, 0.1) is 5.92 Å². The van der Waals surface area contributed by atoms with Gasteiger partial charge in [-0.3, -0.25) is 4.79 Å². The van der Waals surface area contributed by atoms with E-state index in [-0.39, 0.29) is 18.1 Å². The molecule has 1 fully saturated rings. The molecule has 3 heterocycles. The van der Waals surface area contributed by atoms with Gasteiger partial charge in [-0.25, -0.2) is 18.9 Å². The summed E-state index contributed by atoms with van der Waals surface area (Å²) < 4.78 is 2.66. The highest BCUT2D eigenvalue weighted by molar-refractivity contribution is 5.90. The van der Waals surface area contributed by atoms with Gasteiger partial charge in [0.05, 0.1) is 0 Å². The van der Waals surface area contributed by atoms with Crippen molar-refractivity contribution in [3.05, 3.63) is 52.7 Å². The van der Waals surface area contributed by atoms with E-state index in [0.717, 1.165) is 25.9 Å². The minimum Gasteiger partial charge on any atom is -0.353 e. The number of carbonyl (C=O) groups excluding carboxylic acids is 1. The van der Waals surface area contributed by atoms with E-state index in [1.807, 2.05) is 24.3 Å². The van der Waals surface area contributed by atoms with E-state index in [4.69, 9.17) is 0 Å². The highest BCUT2D eigenvalue weighted by atomic mass is 16.2. The fourth-order valence-electron chi connectivity index (χ4n) is 3.80. The maximum Gasteiger partial charge on any atom is 0.350 e. The second-order valence-corrected chi connectivity index (χ2v) is 7.68. The molecule has 0 bridgehead atoms. The molecule has 1 atom stereocenters. The van der Waals surface area contributed by atoms with Crippen molar-refractivity contribution in [1.82, 2.24) is 19.2 Å². The smallest absolute Gasteiger partial charge is 0.350 e. The van der Waals surface area contributed by atoms with Crippen molar-refractivity contribution in [3.8, 4) is 0 Å². The topological polar surface area (TPSA) is 84.5 Å². The summed E-state index contributed by atoms with van der Waals surface area (Å²) in [4.78, 5) is 31.8. The SMILES string of the molecule is CCc1ccc(NC(=O)Cn2nc3c(N4CCC[C@H](C)C4)nccn3c2=O)cc1. The number of hydrogen-bond acceptors (Lipinski definition) is 5. The third kappa shape index (κ3) is 4.01. The lowest BCUT2D eigenvalue weighted by atomic mass is 10.0. The van der Waals surface area contributed by atoms with Crippen LogP contribution in [0.1, 0.15) is 32.3 Å². The van der Waals surface area contributed by atoms with Crippen LogP contribution in [0.4, 0.5) is 11.5 Å². The molecule has 29 heavy (non-hydrogen) atoms. The average molecular weight is 394 g/mol. The highest BCUT2D eigenvalue weighted by Gasteiger charge is 2.22. The molecule has 4 rings (SSSR count). The number of aromatic nitrogens is 4. The monoisotopic (exact) mass is 394 g/mol. The second-order valence-electron chi connectivity index (χ2n) is 7.68. The van der Waals surface area contributed by atoms with Crippen LogP contribution >= 0.6 is 0 Å². The van der Waals surface area contributed by atoms with E-state index in [0.29, 0.717) is 23.1 Å². The van der Waals surface area contributed by atoms with Crippen molar-refractivity contribution in [2.45, 2.75) is 39.7 Å². The first-order valence-corrected chi connectivity index (χ1v) is 10.1. The normalized spacial score (nSPS) is 16.9. The van der Waals surface area contributed by atoms with E-state index in [2.05, 4.69) is 34.1 Å². The van der Waals surface area contributed by atoms with Crippen molar-refractivity contribution < 1.29 is 4.79 Å². The van der Waals surface area contributed by atoms with Gasteiger partial charge in [0.15, 0.2) is 5.82 Å². The lowest BCUT2D eigenvalue weighted by molar-refractivity contribution is -0.117. The molecule has 152 valence electrons. The van der Waals surface area contributed by atoms with Crippen molar-refractivity contribution in [1.29, 1.82) is 0 Å². The number of piperidine rings is 1. The molecule has 8 nitrogen and oxygen atoms in total. The summed E-state index contributed by atoms with van der Waals surface area (Å²) in [6.07, 6.45) is 6.44. The Kier molecular flexibility index (Phi) is 5.33. The average Bonchev–Trinajstić information content (AvgIpc) is 3.04.